The molecule has 0 spiro atoms. The predicted molar refractivity (Wildman–Crippen MR) is 75.2 cm³/mol. The second kappa shape index (κ2) is 4.98. The average Bonchev–Trinajstić information content (AvgIpc) is 3.06. The van der Waals surface area contributed by atoms with Gasteiger partial charge in [-0.25, -0.2) is 4.98 Å². The molecule has 0 saturated heterocycles. The van der Waals surface area contributed by atoms with E-state index >= 15 is 0 Å². The van der Waals surface area contributed by atoms with Crippen LogP contribution in [-0.4, -0.2) is 29.7 Å². The summed E-state index contributed by atoms with van der Waals surface area (Å²) in [5, 5.41) is 7.87. The smallest absolute Gasteiger partial charge is 0.195 e. The summed E-state index contributed by atoms with van der Waals surface area (Å²) in [5.41, 5.74) is 0.760. The second-order valence-corrected chi connectivity index (χ2v) is 5.13. The first-order valence-corrected chi connectivity index (χ1v) is 6.90. The quantitative estimate of drug-likeness (QED) is 0.750. The van der Waals surface area contributed by atoms with E-state index in [0.717, 1.165) is 27.9 Å². The summed E-state index contributed by atoms with van der Waals surface area (Å²) in [6.07, 6.45) is 6.77. The van der Waals surface area contributed by atoms with Crippen molar-refractivity contribution in [3.05, 3.63) is 29.6 Å². The van der Waals surface area contributed by atoms with Crippen LogP contribution in [0.15, 0.2) is 24.8 Å². The van der Waals surface area contributed by atoms with E-state index in [-0.39, 0.29) is 0 Å². The minimum atomic E-state index is 0.618. The second-order valence-electron chi connectivity index (χ2n) is 3.72. The van der Waals surface area contributed by atoms with Crippen molar-refractivity contribution in [2.45, 2.75) is 13.5 Å². The summed E-state index contributed by atoms with van der Waals surface area (Å²) in [7, 11) is 0. The molecule has 8 heteroatoms. The SMILES string of the molecule is CCn1c(-c2cnc(-c3cnccn3)s2)n[nH]c1=S. The van der Waals surface area contributed by atoms with Gasteiger partial charge in [0, 0.05) is 25.1 Å². The van der Waals surface area contributed by atoms with Crippen molar-refractivity contribution in [3.8, 4) is 21.4 Å². The first-order valence-electron chi connectivity index (χ1n) is 5.67. The maximum Gasteiger partial charge on any atom is 0.195 e. The third kappa shape index (κ3) is 2.20. The van der Waals surface area contributed by atoms with Gasteiger partial charge in [0.05, 0.1) is 11.1 Å². The number of hydrogen-bond donors (Lipinski definition) is 1. The number of nitrogens with zero attached hydrogens (tertiary/aromatic N) is 5. The van der Waals surface area contributed by atoms with E-state index in [1.807, 2.05) is 11.5 Å². The van der Waals surface area contributed by atoms with Crippen molar-refractivity contribution in [3.63, 3.8) is 0 Å². The Labute approximate surface area is 118 Å². The number of aromatic nitrogens is 6. The molecule has 6 nitrogen and oxygen atoms in total. The van der Waals surface area contributed by atoms with Crippen molar-refractivity contribution >= 4 is 23.6 Å². The Balaban J connectivity index is 2.04. The van der Waals surface area contributed by atoms with Crippen molar-refractivity contribution in [2.24, 2.45) is 0 Å². The van der Waals surface area contributed by atoms with Crippen molar-refractivity contribution in [1.29, 1.82) is 0 Å². The highest BCUT2D eigenvalue weighted by Gasteiger charge is 2.12. The minimum absolute atomic E-state index is 0.618. The third-order valence-electron chi connectivity index (χ3n) is 2.58. The van der Waals surface area contributed by atoms with Crippen LogP contribution >= 0.6 is 23.6 Å². The summed E-state index contributed by atoms with van der Waals surface area (Å²) in [5.74, 6) is 0.806. The van der Waals surface area contributed by atoms with E-state index < -0.39 is 0 Å². The van der Waals surface area contributed by atoms with Gasteiger partial charge in [0.15, 0.2) is 10.6 Å². The molecule has 0 atom stereocenters. The standard InChI is InChI=1S/C11H10N6S2/c1-2-17-9(15-16-11(17)18)8-6-14-10(19-8)7-5-12-3-4-13-7/h3-6H,2H2,1H3,(H,16,18). The number of nitrogens with one attached hydrogen (secondary N) is 1. The third-order valence-corrected chi connectivity index (χ3v) is 3.91. The highest BCUT2D eigenvalue weighted by molar-refractivity contribution is 7.71. The normalized spacial score (nSPS) is 10.8. The van der Waals surface area contributed by atoms with Gasteiger partial charge in [0.2, 0.25) is 0 Å². The Bertz CT molecular complexity index is 742. The fourth-order valence-corrected chi connectivity index (χ4v) is 2.84. The Morgan fingerprint density at radius 2 is 2.21 bits per heavy atom. The van der Waals surface area contributed by atoms with Gasteiger partial charge in [-0.3, -0.25) is 19.6 Å². The van der Waals surface area contributed by atoms with E-state index in [0.29, 0.717) is 4.77 Å². The van der Waals surface area contributed by atoms with E-state index in [2.05, 4.69) is 25.1 Å². The lowest BCUT2D eigenvalue weighted by atomic mass is 10.5. The van der Waals surface area contributed by atoms with Gasteiger partial charge < -0.3 is 0 Å². The van der Waals surface area contributed by atoms with Gasteiger partial charge in [-0.2, -0.15) is 5.10 Å². The molecule has 0 fully saturated rings. The van der Waals surface area contributed by atoms with Gasteiger partial charge in [-0.1, -0.05) is 0 Å². The zero-order valence-electron chi connectivity index (χ0n) is 10.1. The summed E-state index contributed by atoms with van der Waals surface area (Å²) in [4.78, 5) is 13.6. The zero-order chi connectivity index (χ0) is 13.2. The van der Waals surface area contributed by atoms with Crippen LogP contribution in [-0.2, 0) is 6.54 Å². The molecule has 0 bridgehead atoms. The van der Waals surface area contributed by atoms with Crippen molar-refractivity contribution in [2.75, 3.05) is 0 Å². The number of aromatic amines is 1. The van der Waals surface area contributed by atoms with Gasteiger partial charge in [-0.15, -0.1) is 11.3 Å². The molecule has 1 N–H and O–H groups in total. The zero-order valence-corrected chi connectivity index (χ0v) is 11.7. The molecule has 3 aromatic heterocycles. The first kappa shape index (κ1) is 12.1. The highest BCUT2D eigenvalue weighted by Crippen LogP contribution is 2.29. The molecule has 3 aromatic rings. The van der Waals surface area contributed by atoms with Crippen LogP contribution in [0, 0.1) is 4.77 Å². The van der Waals surface area contributed by atoms with E-state index in [1.165, 1.54) is 11.3 Å². The fourth-order valence-electron chi connectivity index (χ4n) is 1.70. The fraction of sp³-hybridized carbons (Fsp3) is 0.182. The van der Waals surface area contributed by atoms with Crippen LogP contribution < -0.4 is 0 Å². The van der Waals surface area contributed by atoms with Crippen LogP contribution in [0.3, 0.4) is 0 Å². The van der Waals surface area contributed by atoms with Crippen LogP contribution in [0.25, 0.3) is 21.4 Å². The van der Waals surface area contributed by atoms with Gasteiger partial charge in [0.25, 0.3) is 0 Å². The number of rotatable bonds is 3. The molecule has 0 aliphatic heterocycles. The Kier molecular flexibility index (Phi) is 3.18. The molecule has 0 amide bonds. The number of thiazole rings is 1. The predicted octanol–water partition coefficient (Wildman–Crippen LogP) is 2.54. The largest absolute Gasteiger partial charge is 0.300 e. The molecule has 0 saturated carbocycles. The molecule has 0 aliphatic carbocycles. The van der Waals surface area contributed by atoms with E-state index in [4.69, 9.17) is 12.2 Å². The maximum atomic E-state index is 5.18. The number of hydrogen-bond acceptors (Lipinski definition) is 6. The van der Waals surface area contributed by atoms with Gasteiger partial charge in [0.1, 0.15) is 10.7 Å². The molecule has 19 heavy (non-hydrogen) atoms. The Hall–Kier alpha value is -1.93. The molecule has 0 radical (unpaired) electrons. The molecule has 0 aliphatic rings. The lowest BCUT2D eigenvalue weighted by Crippen LogP contribution is -1.96. The van der Waals surface area contributed by atoms with E-state index in [1.54, 1.807) is 24.8 Å². The van der Waals surface area contributed by atoms with Crippen LogP contribution in [0.1, 0.15) is 6.92 Å². The van der Waals surface area contributed by atoms with Gasteiger partial charge >= 0.3 is 0 Å². The topological polar surface area (TPSA) is 72.3 Å². The van der Waals surface area contributed by atoms with Crippen molar-refractivity contribution in [1.82, 2.24) is 29.7 Å². The average molecular weight is 290 g/mol. The molecule has 96 valence electrons. The summed E-state index contributed by atoms with van der Waals surface area (Å²) < 4.78 is 2.55. The van der Waals surface area contributed by atoms with Gasteiger partial charge in [-0.05, 0) is 19.1 Å². The Morgan fingerprint density at radius 3 is 2.95 bits per heavy atom. The lowest BCUT2D eigenvalue weighted by Gasteiger charge is -1.99. The first-order chi connectivity index (χ1) is 9.29. The molecular formula is C11H10N6S2. The number of H-pyrrole nitrogens is 1. The van der Waals surface area contributed by atoms with Crippen LogP contribution in [0.2, 0.25) is 0 Å². The summed E-state index contributed by atoms with van der Waals surface area (Å²) in [6.45, 7) is 2.79. The van der Waals surface area contributed by atoms with Crippen LogP contribution in [0.4, 0.5) is 0 Å². The molecular weight excluding hydrogens is 280 g/mol. The van der Waals surface area contributed by atoms with E-state index in [9.17, 15) is 0 Å². The molecule has 3 rings (SSSR count). The monoisotopic (exact) mass is 290 g/mol. The van der Waals surface area contributed by atoms with Crippen molar-refractivity contribution < 1.29 is 0 Å². The van der Waals surface area contributed by atoms with Crippen LogP contribution in [0.5, 0.6) is 0 Å². The maximum absolute atomic E-state index is 5.18. The lowest BCUT2D eigenvalue weighted by molar-refractivity contribution is 0.756. The summed E-state index contributed by atoms with van der Waals surface area (Å²) in [6, 6.07) is 0. The highest BCUT2D eigenvalue weighted by atomic mass is 32.1. The Morgan fingerprint density at radius 1 is 1.32 bits per heavy atom. The molecule has 0 unspecified atom stereocenters. The molecule has 3 heterocycles. The minimum Gasteiger partial charge on any atom is -0.300 e. The molecule has 0 aromatic carbocycles. The summed E-state index contributed by atoms with van der Waals surface area (Å²) >= 11 is 6.70.